The lowest BCUT2D eigenvalue weighted by Gasteiger charge is -2.29. The second kappa shape index (κ2) is 8.49. The van der Waals surface area contributed by atoms with Crippen LogP contribution in [0.1, 0.15) is 64.0 Å². The number of rotatable bonds is 6. The van der Waals surface area contributed by atoms with Crippen molar-refractivity contribution in [2.45, 2.75) is 65.5 Å². The van der Waals surface area contributed by atoms with Crippen molar-refractivity contribution in [3.8, 4) is 0 Å². The lowest BCUT2D eigenvalue weighted by molar-refractivity contribution is -0.919. The molecule has 3 heteroatoms. The highest BCUT2D eigenvalue weighted by Gasteiger charge is 2.27. The van der Waals surface area contributed by atoms with Gasteiger partial charge in [-0.05, 0) is 24.8 Å². The highest BCUT2D eigenvalue weighted by molar-refractivity contribution is 5.78. The molecule has 1 aromatic carbocycles. The van der Waals surface area contributed by atoms with E-state index >= 15 is 0 Å². The fourth-order valence-corrected chi connectivity index (χ4v) is 3.24. The van der Waals surface area contributed by atoms with Crippen molar-refractivity contribution < 1.29 is 9.69 Å². The zero-order valence-electron chi connectivity index (χ0n) is 15.2. The van der Waals surface area contributed by atoms with Gasteiger partial charge in [0.25, 0.3) is 0 Å². The third-order valence-corrected chi connectivity index (χ3v) is 5.17. The van der Waals surface area contributed by atoms with Crippen LogP contribution in [-0.4, -0.2) is 25.0 Å². The number of piperidine rings is 1. The minimum absolute atomic E-state index is 0.219. The van der Waals surface area contributed by atoms with Crippen LogP contribution in [0.3, 0.4) is 0 Å². The zero-order chi connectivity index (χ0) is 16.8. The Hall–Kier alpha value is -1.35. The van der Waals surface area contributed by atoms with Gasteiger partial charge in [-0.3, -0.25) is 4.79 Å². The number of nitrogens with one attached hydrogen (secondary N) is 2. The fraction of sp³-hybridized carbons (Fsp3) is 0.650. The quantitative estimate of drug-likeness (QED) is 0.830. The van der Waals surface area contributed by atoms with Gasteiger partial charge >= 0.3 is 0 Å². The van der Waals surface area contributed by atoms with Crippen LogP contribution in [0, 0.1) is 5.92 Å². The molecule has 1 aliphatic heterocycles. The summed E-state index contributed by atoms with van der Waals surface area (Å²) in [7, 11) is 0. The first-order chi connectivity index (χ1) is 11.0. The second-order valence-electron chi connectivity index (χ2n) is 7.42. The number of benzene rings is 1. The topological polar surface area (TPSA) is 33.5 Å². The lowest BCUT2D eigenvalue weighted by atomic mass is 9.95. The van der Waals surface area contributed by atoms with Crippen LogP contribution in [0.2, 0.25) is 0 Å². The minimum Gasteiger partial charge on any atom is -0.353 e. The van der Waals surface area contributed by atoms with E-state index in [1.165, 1.54) is 11.1 Å². The molecule has 0 bridgehead atoms. The van der Waals surface area contributed by atoms with Crippen molar-refractivity contribution in [3.05, 3.63) is 35.4 Å². The van der Waals surface area contributed by atoms with Gasteiger partial charge in [-0.15, -0.1) is 0 Å². The van der Waals surface area contributed by atoms with Crippen molar-refractivity contribution in [1.82, 2.24) is 5.32 Å². The average Bonchev–Trinajstić information content (AvgIpc) is 2.55. The van der Waals surface area contributed by atoms with Gasteiger partial charge in [0, 0.05) is 30.4 Å². The van der Waals surface area contributed by atoms with E-state index in [0.29, 0.717) is 12.0 Å². The number of hydrogen-bond donors (Lipinski definition) is 2. The van der Waals surface area contributed by atoms with E-state index in [4.69, 9.17) is 0 Å². The molecule has 1 saturated heterocycles. The molecule has 3 nitrogen and oxygen atoms in total. The number of likely N-dealkylation sites (tertiary alicyclic amines) is 1. The predicted octanol–water partition coefficient (Wildman–Crippen LogP) is 2.52. The van der Waals surface area contributed by atoms with Crippen molar-refractivity contribution in [2.24, 2.45) is 5.92 Å². The van der Waals surface area contributed by atoms with Crippen LogP contribution in [0.25, 0.3) is 0 Å². The van der Waals surface area contributed by atoms with Gasteiger partial charge in [-0.25, -0.2) is 0 Å². The third kappa shape index (κ3) is 5.35. The molecule has 0 spiro atoms. The maximum Gasteiger partial charge on any atom is 0.223 e. The van der Waals surface area contributed by atoms with E-state index in [1.54, 1.807) is 4.90 Å². The summed E-state index contributed by atoms with van der Waals surface area (Å²) in [4.78, 5) is 13.8. The smallest absolute Gasteiger partial charge is 0.223 e. The number of quaternary nitrogens is 1. The summed E-state index contributed by atoms with van der Waals surface area (Å²) < 4.78 is 0. The Morgan fingerprint density at radius 2 is 1.78 bits per heavy atom. The van der Waals surface area contributed by atoms with Gasteiger partial charge in [0.2, 0.25) is 5.91 Å². The Balaban J connectivity index is 1.79. The number of carbonyl (C=O) groups is 1. The number of amides is 1. The molecular formula is C20H33N2O+. The van der Waals surface area contributed by atoms with Crippen LogP contribution >= 0.6 is 0 Å². The Kier molecular flexibility index (Phi) is 6.64. The van der Waals surface area contributed by atoms with E-state index in [0.717, 1.165) is 38.9 Å². The fourth-order valence-electron chi connectivity index (χ4n) is 3.24. The molecule has 2 rings (SSSR count). The van der Waals surface area contributed by atoms with Gasteiger partial charge in [-0.1, -0.05) is 45.0 Å². The SMILES string of the molecule is CC[C@H](C)NC(=O)C1CC[NH+](Cc2ccc(C(C)C)cc2)CC1. The molecule has 1 heterocycles. The van der Waals surface area contributed by atoms with Crippen LogP contribution in [0.15, 0.2) is 24.3 Å². The largest absolute Gasteiger partial charge is 0.353 e. The van der Waals surface area contributed by atoms with Crippen molar-refractivity contribution in [3.63, 3.8) is 0 Å². The maximum absolute atomic E-state index is 12.2. The molecular weight excluding hydrogens is 284 g/mol. The van der Waals surface area contributed by atoms with Crippen molar-refractivity contribution in [2.75, 3.05) is 13.1 Å². The first kappa shape index (κ1) is 18.0. The van der Waals surface area contributed by atoms with Crippen LogP contribution < -0.4 is 10.2 Å². The summed E-state index contributed by atoms with van der Waals surface area (Å²) in [6.45, 7) is 11.9. The zero-order valence-corrected chi connectivity index (χ0v) is 15.2. The van der Waals surface area contributed by atoms with Crippen molar-refractivity contribution >= 4 is 5.91 Å². The molecule has 1 fully saturated rings. The number of hydrogen-bond acceptors (Lipinski definition) is 1. The van der Waals surface area contributed by atoms with E-state index in [1.807, 2.05) is 0 Å². The Morgan fingerprint density at radius 3 is 2.30 bits per heavy atom. The molecule has 128 valence electrons. The van der Waals surface area contributed by atoms with Gasteiger partial charge in [-0.2, -0.15) is 0 Å². The number of carbonyl (C=O) groups excluding carboxylic acids is 1. The molecule has 1 amide bonds. The van der Waals surface area contributed by atoms with Crippen LogP contribution in [0.4, 0.5) is 0 Å². The van der Waals surface area contributed by atoms with Crippen LogP contribution in [-0.2, 0) is 11.3 Å². The first-order valence-electron chi connectivity index (χ1n) is 9.22. The van der Waals surface area contributed by atoms with E-state index in [-0.39, 0.29) is 11.8 Å². The van der Waals surface area contributed by atoms with E-state index in [2.05, 4.69) is 57.3 Å². The molecule has 2 N–H and O–H groups in total. The monoisotopic (exact) mass is 317 g/mol. The molecule has 0 radical (unpaired) electrons. The summed E-state index contributed by atoms with van der Waals surface area (Å²) in [5.41, 5.74) is 2.82. The highest BCUT2D eigenvalue weighted by atomic mass is 16.1. The molecule has 0 aromatic heterocycles. The summed E-state index contributed by atoms with van der Waals surface area (Å²) in [5, 5.41) is 3.13. The molecule has 1 atom stereocenters. The van der Waals surface area contributed by atoms with Gasteiger partial charge in [0.1, 0.15) is 6.54 Å². The van der Waals surface area contributed by atoms with Gasteiger partial charge in [0.05, 0.1) is 13.1 Å². The highest BCUT2D eigenvalue weighted by Crippen LogP contribution is 2.15. The Bertz CT molecular complexity index is 487. The van der Waals surface area contributed by atoms with E-state index in [9.17, 15) is 4.79 Å². The summed E-state index contributed by atoms with van der Waals surface area (Å²) in [5.74, 6) is 1.08. The first-order valence-corrected chi connectivity index (χ1v) is 9.22. The van der Waals surface area contributed by atoms with E-state index < -0.39 is 0 Å². The lowest BCUT2D eigenvalue weighted by Crippen LogP contribution is -3.11. The predicted molar refractivity (Wildman–Crippen MR) is 95.6 cm³/mol. The molecule has 0 unspecified atom stereocenters. The maximum atomic E-state index is 12.2. The molecule has 23 heavy (non-hydrogen) atoms. The third-order valence-electron chi connectivity index (χ3n) is 5.17. The van der Waals surface area contributed by atoms with Crippen molar-refractivity contribution in [1.29, 1.82) is 0 Å². The molecule has 0 aliphatic carbocycles. The Morgan fingerprint density at radius 1 is 1.17 bits per heavy atom. The standard InChI is InChI=1S/C20H32N2O/c1-5-16(4)21-20(23)19-10-12-22(13-11-19)14-17-6-8-18(9-7-17)15(2)3/h6-9,15-16,19H,5,10-14H2,1-4H3,(H,21,23)/p+1/t16-/m0/s1. The summed E-state index contributed by atoms with van der Waals surface area (Å²) in [6.07, 6.45) is 3.03. The Labute approximate surface area is 141 Å². The average molecular weight is 317 g/mol. The summed E-state index contributed by atoms with van der Waals surface area (Å²) >= 11 is 0. The van der Waals surface area contributed by atoms with Crippen LogP contribution in [0.5, 0.6) is 0 Å². The minimum atomic E-state index is 0.219. The summed E-state index contributed by atoms with van der Waals surface area (Å²) in [6, 6.07) is 9.35. The molecule has 1 aromatic rings. The van der Waals surface area contributed by atoms with Gasteiger partial charge in [0.15, 0.2) is 0 Å². The van der Waals surface area contributed by atoms with Gasteiger partial charge < -0.3 is 10.2 Å². The second-order valence-corrected chi connectivity index (χ2v) is 7.42. The molecule has 1 aliphatic rings. The normalized spacial score (nSPS) is 22.8. The molecule has 0 saturated carbocycles.